The number of nitrogens with one attached hydrogen (secondary N) is 2. The second-order valence-corrected chi connectivity index (χ2v) is 5.17. The minimum absolute atomic E-state index is 0.0877. The van der Waals surface area contributed by atoms with Gasteiger partial charge in [-0.25, -0.2) is 0 Å². The Morgan fingerprint density at radius 3 is 2.88 bits per heavy atom. The molecule has 0 aliphatic carbocycles. The Hall–Kier alpha value is -0.810. The van der Waals surface area contributed by atoms with E-state index >= 15 is 0 Å². The third-order valence-corrected chi connectivity index (χ3v) is 2.92. The summed E-state index contributed by atoms with van der Waals surface area (Å²) in [6, 6.07) is 1.85. The van der Waals surface area contributed by atoms with Crippen LogP contribution in [0.4, 0.5) is 0 Å². The maximum atomic E-state index is 11.4. The number of furan rings is 1. The van der Waals surface area contributed by atoms with Crippen LogP contribution in [-0.4, -0.2) is 19.0 Å². The summed E-state index contributed by atoms with van der Waals surface area (Å²) in [4.78, 5) is 11.4. The highest BCUT2D eigenvalue weighted by Gasteiger charge is 2.04. The average Bonchev–Trinajstić information content (AvgIpc) is 2.68. The quantitative estimate of drug-likeness (QED) is 0.760. The summed E-state index contributed by atoms with van der Waals surface area (Å²) in [6.45, 7) is 6.17. The highest BCUT2D eigenvalue weighted by molar-refractivity contribution is 9.10. The molecule has 17 heavy (non-hydrogen) atoms. The van der Waals surface area contributed by atoms with Crippen LogP contribution in [0.5, 0.6) is 0 Å². The van der Waals surface area contributed by atoms with Crippen molar-refractivity contribution < 1.29 is 9.21 Å². The van der Waals surface area contributed by atoms with Crippen LogP contribution < -0.4 is 10.6 Å². The third-order valence-electron chi connectivity index (χ3n) is 2.21. The second kappa shape index (κ2) is 7.50. The van der Waals surface area contributed by atoms with E-state index in [0.717, 1.165) is 16.8 Å². The van der Waals surface area contributed by atoms with E-state index < -0.39 is 0 Å². The first-order valence-corrected chi connectivity index (χ1v) is 6.58. The number of amides is 1. The minimum Gasteiger partial charge on any atom is -0.467 e. The monoisotopic (exact) mass is 302 g/mol. The van der Waals surface area contributed by atoms with Crippen molar-refractivity contribution in [3.8, 4) is 0 Å². The van der Waals surface area contributed by atoms with Gasteiger partial charge < -0.3 is 15.1 Å². The second-order valence-electron chi connectivity index (χ2n) is 4.32. The number of carbonyl (C=O) groups is 1. The summed E-state index contributed by atoms with van der Waals surface area (Å²) in [5, 5.41) is 6.04. The van der Waals surface area contributed by atoms with Crippen molar-refractivity contribution in [1.29, 1.82) is 0 Å². The maximum Gasteiger partial charge on any atom is 0.221 e. The molecule has 0 radical (unpaired) electrons. The summed E-state index contributed by atoms with van der Waals surface area (Å²) < 4.78 is 6.19. The van der Waals surface area contributed by atoms with E-state index in [4.69, 9.17) is 4.42 Å². The van der Waals surface area contributed by atoms with Crippen LogP contribution in [0.1, 0.15) is 26.0 Å². The Labute approximate surface area is 110 Å². The molecular formula is C12H19BrN2O2. The summed E-state index contributed by atoms with van der Waals surface area (Å²) in [6.07, 6.45) is 2.13. The zero-order chi connectivity index (χ0) is 12.7. The molecule has 0 saturated heterocycles. The Bertz CT molecular complexity index is 350. The molecular weight excluding hydrogens is 284 g/mol. The van der Waals surface area contributed by atoms with Gasteiger partial charge in [0.25, 0.3) is 0 Å². The minimum atomic E-state index is 0.0877. The molecule has 0 unspecified atom stereocenters. The SMILES string of the molecule is CC(C)CNC(=O)CCNCc1occc1Br. The van der Waals surface area contributed by atoms with Gasteiger partial charge in [-0.3, -0.25) is 4.79 Å². The highest BCUT2D eigenvalue weighted by Crippen LogP contribution is 2.16. The van der Waals surface area contributed by atoms with Gasteiger partial charge in [0.15, 0.2) is 0 Å². The highest BCUT2D eigenvalue weighted by atomic mass is 79.9. The van der Waals surface area contributed by atoms with Crippen molar-refractivity contribution >= 4 is 21.8 Å². The van der Waals surface area contributed by atoms with Crippen LogP contribution in [0.3, 0.4) is 0 Å². The Morgan fingerprint density at radius 1 is 1.53 bits per heavy atom. The van der Waals surface area contributed by atoms with Crippen LogP contribution in [0.2, 0.25) is 0 Å². The standard InChI is InChI=1S/C12H19BrN2O2/c1-9(2)7-15-12(16)3-5-14-8-11-10(13)4-6-17-11/h4,6,9,14H,3,5,7-8H2,1-2H3,(H,15,16). The largest absolute Gasteiger partial charge is 0.467 e. The van der Waals surface area contributed by atoms with E-state index in [-0.39, 0.29) is 5.91 Å². The normalized spacial score (nSPS) is 10.8. The lowest BCUT2D eigenvalue weighted by Gasteiger charge is -2.07. The molecule has 0 aliphatic heterocycles. The molecule has 1 heterocycles. The summed E-state index contributed by atoms with van der Waals surface area (Å²) in [5.74, 6) is 1.43. The number of rotatable bonds is 7. The van der Waals surface area contributed by atoms with Crippen molar-refractivity contribution in [3.05, 3.63) is 22.6 Å². The first kappa shape index (κ1) is 14.3. The molecule has 0 bridgehead atoms. The zero-order valence-corrected chi connectivity index (χ0v) is 11.8. The molecule has 0 atom stereocenters. The van der Waals surface area contributed by atoms with Crippen LogP contribution in [-0.2, 0) is 11.3 Å². The van der Waals surface area contributed by atoms with Gasteiger partial charge in [-0.1, -0.05) is 13.8 Å². The van der Waals surface area contributed by atoms with Crippen LogP contribution in [0, 0.1) is 5.92 Å². The van der Waals surface area contributed by atoms with Crippen molar-refractivity contribution in [1.82, 2.24) is 10.6 Å². The van der Waals surface area contributed by atoms with Gasteiger partial charge in [0.05, 0.1) is 17.3 Å². The van der Waals surface area contributed by atoms with Crippen molar-refractivity contribution in [3.63, 3.8) is 0 Å². The number of carbonyl (C=O) groups excluding carboxylic acids is 1. The Balaban J connectivity index is 2.08. The maximum absolute atomic E-state index is 11.4. The van der Waals surface area contributed by atoms with E-state index in [9.17, 15) is 4.79 Å². The fraction of sp³-hybridized carbons (Fsp3) is 0.583. The topological polar surface area (TPSA) is 54.3 Å². The summed E-state index contributed by atoms with van der Waals surface area (Å²) in [5.41, 5.74) is 0. The van der Waals surface area contributed by atoms with Gasteiger partial charge >= 0.3 is 0 Å². The molecule has 0 aromatic carbocycles. The third kappa shape index (κ3) is 5.89. The van der Waals surface area contributed by atoms with Gasteiger partial charge in [-0.15, -0.1) is 0 Å². The molecule has 96 valence electrons. The van der Waals surface area contributed by atoms with E-state index in [2.05, 4.69) is 40.4 Å². The molecule has 4 nitrogen and oxygen atoms in total. The molecule has 1 aromatic heterocycles. The van der Waals surface area contributed by atoms with Crippen LogP contribution in [0.25, 0.3) is 0 Å². The first-order valence-electron chi connectivity index (χ1n) is 5.79. The van der Waals surface area contributed by atoms with E-state index in [1.807, 2.05) is 6.07 Å². The van der Waals surface area contributed by atoms with Crippen molar-refractivity contribution in [2.24, 2.45) is 5.92 Å². The fourth-order valence-corrected chi connectivity index (χ4v) is 1.60. The molecule has 5 heteroatoms. The lowest BCUT2D eigenvalue weighted by Crippen LogP contribution is -2.30. The lowest BCUT2D eigenvalue weighted by atomic mass is 10.2. The molecule has 1 rings (SSSR count). The van der Waals surface area contributed by atoms with Gasteiger partial charge in [-0.05, 0) is 27.9 Å². The van der Waals surface area contributed by atoms with Gasteiger partial charge in [0, 0.05) is 19.5 Å². The Morgan fingerprint density at radius 2 is 2.29 bits per heavy atom. The molecule has 0 spiro atoms. The van der Waals surface area contributed by atoms with Gasteiger partial charge in [0.2, 0.25) is 5.91 Å². The Kier molecular flexibility index (Phi) is 6.29. The van der Waals surface area contributed by atoms with E-state index in [1.54, 1.807) is 6.26 Å². The number of hydrogen-bond acceptors (Lipinski definition) is 3. The summed E-state index contributed by atoms with van der Waals surface area (Å²) in [7, 11) is 0. The van der Waals surface area contributed by atoms with E-state index in [0.29, 0.717) is 25.4 Å². The van der Waals surface area contributed by atoms with E-state index in [1.165, 1.54) is 0 Å². The zero-order valence-electron chi connectivity index (χ0n) is 10.3. The number of hydrogen-bond donors (Lipinski definition) is 2. The molecule has 2 N–H and O–H groups in total. The molecule has 0 saturated carbocycles. The van der Waals surface area contributed by atoms with Crippen LogP contribution in [0.15, 0.2) is 21.2 Å². The lowest BCUT2D eigenvalue weighted by molar-refractivity contribution is -0.121. The van der Waals surface area contributed by atoms with Crippen LogP contribution >= 0.6 is 15.9 Å². The van der Waals surface area contributed by atoms with Crippen molar-refractivity contribution in [2.75, 3.05) is 13.1 Å². The molecule has 1 aromatic rings. The average molecular weight is 303 g/mol. The van der Waals surface area contributed by atoms with Crippen molar-refractivity contribution in [2.45, 2.75) is 26.8 Å². The van der Waals surface area contributed by atoms with Gasteiger partial charge in [0.1, 0.15) is 5.76 Å². The van der Waals surface area contributed by atoms with Gasteiger partial charge in [-0.2, -0.15) is 0 Å². The number of halogens is 1. The predicted octanol–water partition coefficient (Wildman–Crippen LogP) is 2.29. The fourth-order valence-electron chi connectivity index (χ4n) is 1.26. The predicted molar refractivity (Wildman–Crippen MR) is 70.6 cm³/mol. The summed E-state index contributed by atoms with van der Waals surface area (Å²) >= 11 is 3.38. The first-order chi connectivity index (χ1) is 8.09. The molecule has 0 fully saturated rings. The molecule has 0 aliphatic rings. The molecule has 1 amide bonds. The smallest absolute Gasteiger partial charge is 0.221 e.